The van der Waals surface area contributed by atoms with Gasteiger partial charge in [0, 0.05) is 10.6 Å². The van der Waals surface area contributed by atoms with E-state index in [1.54, 1.807) is 31.2 Å². The van der Waals surface area contributed by atoms with Crippen LogP contribution in [-0.2, 0) is 9.53 Å². The molecule has 24 heavy (non-hydrogen) atoms. The summed E-state index contributed by atoms with van der Waals surface area (Å²) in [5, 5.41) is 3.14. The van der Waals surface area contributed by atoms with Crippen molar-refractivity contribution in [2.45, 2.75) is 19.4 Å². The molecule has 6 heteroatoms. The number of nitrogens with one attached hydrogen (secondary N) is 1. The molecule has 0 aliphatic carbocycles. The first-order chi connectivity index (χ1) is 11.5. The Morgan fingerprint density at radius 2 is 1.96 bits per heavy atom. The molecule has 2 rings (SSSR count). The Morgan fingerprint density at radius 3 is 2.62 bits per heavy atom. The monoisotopic (exact) mass is 349 g/mol. The highest BCUT2D eigenvalue weighted by atomic mass is 35.5. The van der Waals surface area contributed by atoms with Crippen LogP contribution in [0.5, 0.6) is 0 Å². The fraction of sp³-hybridized carbons (Fsp3) is 0.222. The second kappa shape index (κ2) is 8.45. The summed E-state index contributed by atoms with van der Waals surface area (Å²) in [4.78, 5) is 24.2. The molecule has 0 aliphatic rings. The predicted octanol–water partition coefficient (Wildman–Crippen LogP) is 3.90. The molecular weight excluding hydrogens is 333 g/mol. The fourth-order valence-electron chi connectivity index (χ4n) is 2.25. The molecule has 0 fully saturated rings. The lowest BCUT2D eigenvalue weighted by Crippen LogP contribution is -2.31. The van der Waals surface area contributed by atoms with Crippen molar-refractivity contribution in [3.63, 3.8) is 0 Å². The molecule has 0 aliphatic heterocycles. The molecular formula is C18H17ClFNO3. The van der Waals surface area contributed by atoms with Gasteiger partial charge in [0.15, 0.2) is 0 Å². The average molecular weight is 350 g/mol. The lowest BCUT2D eigenvalue weighted by molar-refractivity contribution is -0.143. The van der Waals surface area contributed by atoms with Gasteiger partial charge >= 0.3 is 5.97 Å². The fourth-order valence-corrected chi connectivity index (χ4v) is 2.52. The van der Waals surface area contributed by atoms with E-state index in [4.69, 9.17) is 16.3 Å². The Labute approximate surface area is 144 Å². The summed E-state index contributed by atoms with van der Waals surface area (Å²) in [7, 11) is 0. The topological polar surface area (TPSA) is 55.4 Å². The SMILES string of the molecule is CCOC(=O)C[C@@H](NC(=O)c1cccc(F)c1)c1ccccc1Cl. The van der Waals surface area contributed by atoms with Crippen molar-refractivity contribution in [3.8, 4) is 0 Å². The molecule has 0 spiro atoms. The molecule has 0 unspecified atom stereocenters. The van der Waals surface area contributed by atoms with E-state index in [1.165, 1.54) is 18.2 Å². The molecule has 0 aromatic heterocycles. The highest BCUT2D eigenvalue weighted by Crippen LogP contribution is 2.26. The molecule has 0 saturated carbocycles. The standard InChI is InChI=1S/C18H17ClFNO3/c1-2-24-17(22)11-16(14-8-3-4-9-15(14)19)21-18(23)12-6-5-7-13(20)10-12/h3-10,16H,2,11H2,1H3,(H,21,23)/t16-/m1/s1. The van der Waals surface area contributed by atoms with Crippen LogP contribution < -0.4 is 5.32 Å². The van der Waals surface area contributed by atoms with Crippen LogP contribution in [0.25, 0.3) is 0 Å². The van der Waals surface area contributed by atoms with E-state index >= 15 is 0 Å². The third-order valence-corrected chi connectivity index (χ3v) is 3.69. The number of benzene rings is 2. The van der Waals surface area contributed by atoms with Crippen LogP contribution >= 0.6 is 11.6 Å². The summed E-state index contributed by atoms with van der Waals surface area (Å²) in [6.45, 7) is 1.94. The van der Waals surface area contributed by atoms with Crippen LogP contribution in [0.4, 0.5) is 4.39 Å². The van der Waals surface area contributed by atoms with Crippen LogP contribution in [0, 0.1) is 5.82 Å². The molecule has 0 bridgehead atoms. The predicted molar refractivity (Wildman–Crippen MR) is 89.3 cm³/mol. The van der Waals surface area contributed by atoms with Crippen molar-refractivity contribution in [2.75, 3.05) is 6.61 Å². The molecule has 2 aromatic rings. The van der Waals surface area contributed by atoms with Crippen LogP contribution in [-0.4, -0.2) is 18.5 Å². The second-order valence-electron chi connectivity index (χ2n) is 5.07. The average Bonchev–Trinajstić information content (AvgIpc) is 2.55. The van der Waals surface area contributed by atoms with Gasteiger partial charge < -0.3 is 10.1 Å². The molecule has 0 heterocycles. The highest BCUT2D eigenvalue weighted by Gasteiger charge is 2.22. The number of amides is 1. The lowest BCUT2D eigenvalue weighted by atomic mass is 10.0. The maximum absolute atomic E-state index is 13.3. The number of halogens is 2. The van der Waals surface area contributed by atoms with Gasteiger partial charge in [0.05, 0.1) is 19.1 Å². The van der Waals surface area contributed by atoms with Gasteiger partial charge in [0.25, 0.3) is 5.91 Å². The van der Waals surface area contributed by atoms with Gasteiger partial charge in [-0.15, -0.1) is 0 Å². The maximum atomic E-state index is 13.3. The number of hydrogen-bond donors (Lipinski definition) is 1. The molecule has 2 aromatic carbocycles. The third-order valence-electron chi connectivity index (χ3n) is 3.35. The first-order valence-electron chi connectivity index (χ1n) is 7.47. The van der Waals surface area contributed by atoms with Gasteiger partial charge in [-0.3, -0.25) is 9.59 Å². The summed E-state index contributed by atoms with van der Waals surface area (Å²) < 4.78 is 18.2. The Balaban J connectivity index is 2.24. The van der Waals surface area contributed by atoms with E-state index in [1.807, 2.05) is 0 Å². The van der Waals surface area contributed by atoms with Gasteiger partial charge in [-0.25, -0.2) is 4.39 Å². The van der Waals surface area contributed by atoms with Crippen molar-refractivity contribution in [1.82, 2.24) is 5.32 Å². The molecule has 1 N–H and O–H groups in total. The number of rotatable bonds is 6. The van der Waals surface area contributed by atoms with Crippen LogP contribution in [0.2, 0.25) is 5.02 Å². The number of carbonyl (C=O) groups excluding carboxylic acids is 2. The van der Waals surface area contributed by atoms with Gasteiger partial charge in [-0.2, -0.15) is 0 Å². The zero-order chi connectivity index (χ0) is 17.5. The van der Waals surface area contributed by atoms with Crippen LogP contribution in [0.3, 0.4) is 0 Å². The molecule has 4 nitrogen and oxygen atoms in total. The molecule has 1 amide bonds. The third kappa shape index (κ3) is 4.80. The Kier molecular flexibility index (Phi) is 6.32. The zero-order valence-corrected chi connectivity index (χ0v) is 13.8. The molecule has 0 saturated heterocycles. The Bertz CT molecular complexity index is 736. The van der Waals surface area contributed by atoms with Gasteiger partial charge in [-0.1, -0.05) is 35.9 Å². The Hall–Kier alpha value is -2.40. The van der Waals surface area contributed by atoms with E-state index < -0.39 is 23.7 Å². The first kappa shape index (κ1) is 17.9. The lowest BCUT2D eigenvalue weighted by Gasteiger charge is -2.19. The summed E-state index contributed by atoms with van der Waals surface area (Å²) in [6.07, 6.45) is -0.0708. The maximum Gasteiger partial charge on any atom is 0.308 e. The first-order valence-corrected chi connectivity index (χ1v) is 7.85. The van der Waals surface area contributed by atoms with Crippen molar-refractivity contribution in [2.24, 2.45) is 0 Å². The van der Waals surface area contributed by atoms with E-state index in [2.05, 4.69) is 5.32 Å². The van der Waals surface area contributed by atoms with Gasteiger partial charge in [0.2, 0.25) is 0 Å². The quantitative estimate of drug-likeness (QED) is 0.805. The van der Waals surface area contributed by atoms with Gasteiger partial charge in [-0.05, 0) is 36.8 Å². The van der Waals surface area contributed by atoms with Gasteiger partial charge in [0.1, 0.15) is 5.82 Å². The van der Waals surface area contributed by atoms with E-state index in [0.29, 0.717) is 10.6 Å². The summed E-state index contributed by atoms with van der Waals surface area (Å²) in [5.41, 5.74) is 0.757. The molecule has 0 radical (unpaired) electrons. The minimum atomic E-state index is -0.673. The van der Waals surface area contributed by atoms with Crippen LogP contribution in [0.1, 0.15) is 35.3 Å². The molecule has 126 valence electrons. The number of esters is 1. The summed E-state index contributed by atoms with van der Waals surface area (Å²) in [6, 6.07) is 11.5. The second-order valence-corrected chi connectivity index (χ2v) is 5.47. The number of carbonyl (C=O) groups is 2. The minimum absolute atomic E-state index is 0.0708. The van der Waals surface area contributed by atoms with E-state index in [0.717, 1.165) is 6.07 Å². The summed E-state index contributed by atoms with van der Waals surface area (Å²) >= 11 is 6.17. The van der Waals surface area contributed by atoms with E-state index in [-0.39, 0.29) is 18.6 Å². The van der Waals surface area contributed by atoms with Crippen molar-refractivity contribution in [1.29, 1.82) is 0 Å². The number of ether oxygens (including phenoxy) is 1. The Morgan fingerprint density at radius 1 is 1.21 bits per heavy atom. The smallest absolute Gasteiger partial charge is 0.308 e. The highest BCUT2D eigenvalue weighted by molar-refractivity contribution is 6.31. The normalized spacial score (nSPS) is 11.6. The number of hydrogen-bond acceptors (Lipinski definition) is 3. The van der Waals surface area contributed by atoms with Crippen molar-refractivity contribution < 1.29 is 18.7 Å². The molecule has 1 atom stereocenters. The van der Waals surface area contributed by atoms with Crippen molar-refractivity contribution in [3.05, 3.63) is 70.5 Å². The largest absolute Gasteiger partial charge is 0.466 e. The minimum Gasteiger partial charge on any atom is -0.466 e. The summed E-state index contributed by atoms with van der Waals surface area (Å²) in [5.74, 6) is -1.46. The van der Waals surface area contributed by atoms with Crippen LogP contribution in [0.15, 0.2) is 48.5 Å². The van der Waals surface area contributed by atoms with Crippen molar-refractivity contribution >= 4 is 23.5 Å². The van der Waals surface area contributed by atoms with E-state index in [9.17, 15) is 14.0 Å². The zero-order valence-electron chi connectivity index (χ0n) is 13.1.